The number of rotatable bonds is 2. The Morgan fingerprint density at radius 2 is 1.88 bits per heavy atom. The van der Waals surface area contributed by atoms with Gasteiger partial charge in [0.05, 0.1) is 0 Å². The van der Waals surface area contributed by atoms with Crippen molar-refractivity contribution in [3.63, 3.8) is 0 Å². The first-order valence-corrected chi connectivity index (χ1v) is 5.82. The van der Waals surface area contributed by atoms with E-state index in [0.717, 1.165) is 0 Å². The number of benzene rings is 1. The second-order valence-corrected chi connectivity index (χ2v) is 5.83. The van der Waals surface area contributed by atoms with Gasteiger partial charge in [-0.25, -0.2) is 0 Å². The van der Waals surface area contributed by atoms with Crippen LogP contribution in [0, 0.1) is 0 Å². The topological polar surface area (TPSA) is 26.3 Å². The number of hydrogen-bond donors (Lipinski definition) is 0. The van der Waals surface area contributed by atoms with Crippen LogP contribution in [-0.4, -0.2) is 9.76 Å². The summed E-state index contributed by atoms with van der Waals surface area (Å²) >= 11 is 23.2. The lowest BCUT2D eigenvalue weighted by Crippen LogP contribution is -2.22. The monoisotopic (exact) mass is 300 g/mol. The summed E-state index contributed by atoms with van der Waals surface area (Å²) in [5.74, 6) is -0.545. The van der Waals surface area contributed by atoms with Crippen molar-refractivity contribution in [1.82, 2.24) is 0 Å². The Balaban J connectivity index is 3.12. The third-order valence-electron chi connectivity index (χ3n) is 1.77. The van der Waals surface area contributed by atoms with Crippen LogP contribution in [0.4, 0.5) is 0 Å². The van der Waals surface area contributed by atoms with Crippen LogP contribution in [0.5, 0.6) is 0 Å². The molecule has 0 radical (unpaired) electrons. The minimum atomic E-state index is -1.77. The molecule has 1 rings (SSSR count). The fraction of sp³-hybridized carbons (Fsp3) is 0.300. The number of carbonyl (C=O) groups excluding carboxylic acids is 1. The van der Waals surface area contributed by atoms with E-state index >= 15 is 0 Å². The third-order valence-corrected chi connectivity index (χ3v) is 2.71. The van der Waals surface area contributed by atoms with Crippen LogP contribution in [0.3, 0.4) is 0 Å². The van der Waals surface area contributed by atoms with Gasteiger partial charge in [-0.2, -0.15) is 0 Å². The molecule has 1 aromatic carbocycles. The second kappa shape index (κ2) is 5.46. The molecule has 0 bridgehead atoms. The summed E-state index contributed by atoms with van der Waals surface area (Å²) in [6.45, 7) is 1.24. The lowest BCUT2D eigenvalue weighted by atomic mass is 10.1. The predicted octanol–water partition coefficient (Wildman–Crippen LogP) is 4.31. The summed E-state index contributed by atoms with van der Waals surface area (Å²) in [6.07, 6.45) is -1.02. The van der Waals surface area contributed by atoms with Gasteiger partial charge in [0.1, 0.15) is 0 Å². The average molecular weight is 302 g/mol. The van der Waals surface area contributed by atoms with E-state index in [1.54, 1.807) is 24.3 Å². The molecule has 88 valence electrons. The first-order valence-electron chi connectivity index (χ1n) is 4.30. The molecule has 0 saturated carbocycles. The molecule has 1 unspecified atom stereocenters. The van der Waals surface area contributed by atoms with Crippen molar-refractivity contribution in [3.8, 4) is 0 Å². The molecule has 0 saturated heterocycles. The maximum Gasteiger partial charge on any atom is 0.303 e. The molecule has 1 aromatic rings. The highest BCUT2D eigenvalue weighted by molar-refractivity contribution is 6.68. The summed E-state index contributed by atoms with van der Waals surface area (Å²) in [5.41, 5.74) is 0.458. The Labute approximate surface area is 113 Å². The number of halogens is 4. The normalized spacial score (nSPS) is 13.3. The molecular formula is C10H8Cl4O2. The summed E-state index contributed by atoms with van der Waals surface area (Å²) in [6, 6.07) is 6.71. The molecule has 1 atom stereocenters. The second-order valence-electron chi connectivity index (χ2n) is 3.05. The highest BCUT2D eigenvalue weighted by atomic mass is 35.6. The van der Waals surface area contributed by atoms with Gasteiger partial charge in [0.2, 0.25) is 3.79 Å². The van der Waals surface area contributed by atoms with Crippen LogP contribution in [0.2, 0.25) is 5.02 Å². The van der Waals surface area contributed by atoms with E-state index in [1.165, 1.54) is 6.92 Å². The van der Waals surface area contributed by atoms with Gasteiger partial charge in [0, 0.05) is 17.5 Å². The summed E-state index contributed by atoms with van der Waals surface area (Å²) in [4.78, 5) is 10.9. The lowest BCUT2D eigenvalue weighted by molar-refractivity contribution is -0.146. The largest absolute Gasteiger partial charge is 0.453 e. The highest BCUT2D eigenvalue weighted by Crippen LogP contribution is 2.44. The molecule has 0 amide bonds. The van der Waals surface area contributed by atoms with E-state index in [-0.39, 0.29) is 0 Å². The fourth-order valence-corrected chi connectivity index (χ4v) is 1.88. The van der Waals surface area contributed by atoms with E-state index in [9.17, 15) is 4.79 Å². The van der Waals surface area contributed by atoms with E-state index in [4.69, 9.17) is 51.1 Å². The zero-order valence-electron chi connectivity index (χ0n) is 8.22. The average Bonchev–Trinajstić information content (AvgIpc) is 2.13. The smallest absolute Gasteiger partial charge is 0.303 e. The zero-order chi connectivity index (χ0) is 12.3. The number of hydrogen-bond acceptors (Lipinski definition) is 2. The van der Waals surface area contributed by atoms with Crippen LogP contribution >= 0.6 is 46.4 Å². The van der Waals surface area contributed by atoms with Crippen LogP contribution in [-0.2, 0) is 9.53 Å². The Hall–Kier alpha value is -0.150. The fourth-order valence-electron chi connectivity index (χ4n) is 1.16. The molecule has 0 aliphatic carbocycles. The molecule has 0 aliphatic rings. The van der Waals surface area contributed by atoms with Crippen molar-refractivity contribution in [2.75, 3.05) is 0 Å². The van der Waals surface area contributed by atoms with Gasteiger partial charge in [-0.3, -0.25) is 4.79 Å². The molecule has 6 heteroatoms. The van der Waals surface area contributed by atoms with E-state index in [0.29, 0.717) is 10.6 Å². The number of esters is 1. The van der Waals surface area contributed by atoms with Crippen LogP contribution in [0.25, 0.3) is 0 Å². The molecule has 0 fully saturated rings. The Morgan fingerprint density at radius 1 is 1.31 bits per heavy atom. The molecule has 0 aromatic heterocycles. The number of carbonyl (C=O) groups is 1. The molecule has 16 heavy (non-hydrogen) atoms. The van der Waals surface area contributed by atoms with Gasteiger partial charge in [-0.15, -0.1) is 0 Å². The van der Waals surface area contributed by atoms with Gasteiger partial charge < -0.3 is 4.74 Å². The summed E-state index contributed by atoms with van der Waals surface area (Å²) in [5, 5.41) is 0.375. The molecular weight excluding hydrogens is 294 g/mol. The van der Waals surface area contributed by atoms with Gasteiger partial charge in [0.15, 0.2) is 6.10 Å². The molecule has 2 nitrogen and oxygen atoms in total. The minimum absolute atomic E-state index is 0.375. The molecule has 0 N–H and O–H groups in total. The Morgan fingerprint density at radius 3 is 2.31 bits per heavy atom. The Kier molecular flexibility index (Phi) is 4.74. The molecule has 0 heterocycles. The van der Waals surface area contributed by atoms with Gasteiger partial charge in [-0.1, -0.05) is 64.6 Å². The van der Waals surface area contributed by atoms with Crippen LogP contribution < -0.4 is 0 Å². The van der Waals surface area contributed by atoms with Gasteiger partial charge in [-0.05, 0) is 6.07 Å². The van der Waals surface area contributed by atoms with Gasteiger partial charge in [0.25, 0.3) is 0 Å². The third kappa shape index (κ3) is 3.70. The molecule has 0 spiro atoms. The summed E-state index contributed by atoms with van der Waals surface area (Å²) < 4.78 is 3.20. The first kappa shape index (κ1) is 13.9. The van der Waals surface area contributed by atoms with E-state index < -0.39 is 15.9 Å². The quantitative estimate of drug-likeness (QED) is 0.601. The van der Waals surface area contributed by atoms with E-state index in [1.807, 2.05) is 0 Å². The minimum Gasteiger partial charge on any atom is -0.453 e. The SMILES string of the molecule is CC(=O)OC(c1ccccc1Cl)C(Cl)(Cl)Cl. The van der Waals surface area contributed by atoms with Crippen molar-refractivity contribution >= 4 is 52.4 Å². The number of alkyl halides is 3. The van der Waals surface area contributed by atoms with Crippen LogP contribution in [0.15, 0.2) is 24.3 Å². The zero-order valence-corrected chi connectivity index (χ0v) is 11.2. The van der Waals surface area contributed by atoms with Crippen molar-refractivity contribution < 1.29 is 9.53 Å². The van der Waals surface area contributed by atoms with Crippen molar-refractivity contribution in [1.29, 1.82) is 0 Å². The maximum absolute atomic E-state index is 10.9. The van der Waals surface area contributed by atoms with Crippen molar-refractivity contribution in [3.05, 3.63) is 34.9 Å². The van der Waals surface area contributed by atoms with Gasteiger partial charge >= 0.3 is 5.97 Å². The Bertz CT molecular complexity index is 387. The lowest BCUT2D eigenvalue weighted by Gasteiger charge is -2.24. The standard InChI is InChI=1S/C10H8Cl4O2/c1-6(15)16-9(10(12,13)14)7-4-2-3-5-8(7)11/h2-5,9H,1H3. The summed E-state index contributed by atoms with van der Waals surface area (Å²) in [7, 11) is 0. The highest BCUT2D eigenvalue weighted by Gasteiger charge is 2.37. The number of ether oxygens (including phenoxy) is 1. The molecule has 0 aliphatic heterocycles. The predicted molar refractivity (Wildman–Crippen MR) is 66.2 cm³/mol. The van der Waals surface area contributed by atoms with Crippen molar-refractivity contribution in [2.24, 2.45) is 0 Å². The van der Waals surface area contributed by atoms with Crippen LogP contribution in [0.1, 0.15) is 18.6 Å². The maximum atomic E-state index is 10.9. The van der Waals surface area contributed by atoms with Crippen molar-refractivity contribution in [2.45, 2.75) is 16.8 Å². The first-order chi connectivity index (χ1) is 7.32. The van der Waals surface area contributed by atoms with E-state index in [2.05, 4.69) is 0 Å².